The SMILES string of the molecule is C=C(C)C(=O)OCCCC[SiH](Cl)Cl.C=CC(=O)OCCC[Si](Cl)(Cl)Cl. The fourth-order valence-corrected chi connectivity index (χ4v) is 4.46. The van der Waals surface area contributed by atoms with Gasteiger partial charge in [0.25, 0.3) is 0 Å². The van der Waals surface area contributed by atoms with Crippen LogP contribution in [0.25, 0.3) is 0 Å². The summed E-state index contributed by atoms with van der Waals surface area (Å²) >= 11 is 28.1. The molecule has 146 valence electrons. The lowest BCUT2D eigenvalue weighted by Gasteiger charge is -2.06. The third-order valence-electron chi connectivity index (χ3n) is 2.41. The maximum atomic E-state index is 10.9. The second kappa shape index (κ2) is 16.5. The number of rotatable bonds is 11. The van der Waals surface area contributed by atoms with Crippen LogP contribution in [0.2, 0.25) is 12.1 Å². The smallest absolute Gasteiger partial charge is 0.341 e. The van der Waals surface area contributed by atoms with Crippen molar-refractivity contribution in [2.24, 2.45) is 0 Å². The predicted octanol–water partition coefficient (Wildman–Crippen LogP) is 5.35. The van der Waals surface area contributed by atoms with Gasteiger partial charge < -0.3 is 9.47 Å². The minimum absolute atomic E-state index is 0.283. The molecule has 0 aliphatic heterocycles. The Labute approximate surface area is 175 Å². The van der Waals surface area contributed by atoms with Crippen molar-refractivity contribution in [3.63, 3.8) is 0 Å². The van der Waals surface area contributed by atoms with E-state index in [1.165, 1.54) is 0 Å². The molecule has 0 aliphatic carbocycles. The minimum atomic E-state index is -2.54. The first-order valence-corrected chi connectivity index (χ1v) is 17.0. The molecule has 11 heteroatoms. The van der Waals surface area contributed by atoms with Gasteiger partial charge in [0.2, 0.25) is 7.42 Å². The zero-order valence-electron chi connectivity index (χ0n) is 14.0. The lowest BCUT2D eigenvalue weighted by Crippen LogP contribution is -2.11. The van der Waals surface area contributed by atoms with E-state index >= 15 is 0 Å². The number of ether oxygens (including phenoxy) is 2. The van der Waals surface area contributed by atoms with E-state index in [9.17, 15) is 9.59 Å². The van der Waals surface area contributed by atoms with Gasteiger partial charge in [0.1, 0.15) is 0 Å². The molecule has 0 aliphatic rings. The maximum Gasteiger partial charge on any atom is 0.341 e. The number of halogens is 5. The lowest BCUT2D eigenvalue weighted by atomic mass is 10.3. The summed E-state index contributed by atoms with van der Waals surface area (Å²) in [7, 11) is -1.47. The van der Waals surface area contributed by atoms with Crippen LogP contribution in [0, 0.1) is 0 Å². The Kier molecular flexibility index (Phi) is 18.1. The summed E-state index contributed by atoms with van der Waals surface area (Å²) in [5.41, 5.74) is 0.432. The molecular weight excluding hydrogens is 466 g/mol. The third kappa shape index (κ3) is 24.3. The Morgan fingerprint density at radius 2 is 1.64 bits per heavy atom. The molecular formula is C14H23Cl5O4Si2. The topological polar surface area (TPSA) is 52.6 Å². The minimum Gasteiger partial charge on any atom is -0.463 e. The van der Waals surface area contributed by atoms with Crippen LogP contribution in [0.1, 0.15) is 26.2 Å². The number of carbonyl (C=O) groups excluding carboxylic acids is 2. The van der Waals surface area contributed by atoms with E-state index in [0.717, 1.165) is 25.0 Å². The van der Waals surface area contributed by atoms with Gasteiger partial charge in [0.05, 0.1) is 13.2 Å². The molecule has 0 aromatic heterocycles. The molecule has 0 aromatic rings. The van der Waals surface area contributed by atoms with Crippen LogP contribution >= 0.6 is 55.4 Å². The highest BCUT2D eigenvalue weighted by molar-refractivity contribution is 7.64. The van der Waals surface area contributed by atoms with Gasteiger partial charge in [-0.3, -0.25) is 0 Å². The molecule has 0 unspecified atom stereocenters. The molecule has 0 bridgehead atoms. The van der Waals surface area contributed by atoms with Gasteiger partial charge in [-0.1, -0.05) is 19.6 Å². The van der Waals surface area contributed by atoms with Gasteiger partial charge in [0.15, 0.2) is 0 Å². The molecule has 4 nitrogen and oxygen atoms in total. The van der Waals surface area contributed by atoms with E-state index in [2.05, 4.69) is 17.9 Å². The molecule has 0 rings (SSSR count). The van der Waals surface area contributed by atoms with Crippen LogP contribution in [0.3, 0.4) is 0 Å². The standard InChI is InChI=1S/C8H14Cl2O2Si.C6H9Cl3O2Si/c1-7(2)8(11)12-5-3-4-6-13(9)10;1-2-6(10)11-4-3-5-12(7,8)9/h13H,1,3-6H2,2H3;2H,1,3-5H2. The van der Waals surface area contributed by atoms with Crippen LogP contribution in [-0.2, 0) is 19.1 Å². The van der Waals surface area contributed by atoms with Crippen molar-refractivity contribution in [3.05, 3.63) is 24.8 Å². The second-order valence-corrected chi connectivity index (χ2v) is 19.4. The quantitative estimate of drug-likeness (QED) is 0.129. The average molecular weight is 489 g/mol. The van der Waals surface area contributed by atoms with E-state index in [-0.39, 0.29) is 12.6 Å². The fourth-order valence-electron chi connectivity index (χ4n) is 1.19. The Bertz CT molecular complexity index is 428. The van der Waals surface area contributed by atoms with E-state index in [1.54, 1.807) is 6.92 Å². The first-order valence-electron chi connectivity index (χ1n) is 7.46. The summed E-state index contributed by atoms with van der Waals surface area (Å²) in [6.45, 7) is 9.06. The van der Waals surface area contributed by atoms with Crippen LogP contribution < -0.4 is 0 Å². The highest BCUT2D eigenvalue weighted by Gasteiger charge is 2.23. The maximum absolute atomic E-state index is 10.9. The molecule has 0 saturated heterocycles. The summed E-state index contributed by atoms with van der Waals surface area (Å²) in [5, 5.41) is 0. The van der Waals surface area contributed by atoms with Crippen LogP contribution in [0.5, 0.6) is 0 Å². The van der Waals surface area contributed by atoms with Gasteiger partial charge in [-0.05, 0) is 31.9 Å². The Morgan fingerprint density at radius 3 is 2.08 bits per heavy atom. The average Bonchev–Trinajstić information content (AvgIpc) is 2.50. The van der Waals surface area contributed by atoms with Crippen molar-refractivity contribution in [1.29, 1.82) is 0 Å². The molecule has 0 spiro atoms. The van der Waals surface area contributed by atoms with Gasteiger partial charge in [-0.2, -0.15) is 22.2 Å². The van der Waals surface area contributed by atoms with Crippen LogP contribution in [0.4, 0.5) is 0 Å². The van der Waals surface area contributed by atoms with Crippen molar-refractivity contribution in [1.82, 2.24) is 0 Å². The van der Waals surface area contributed by atoms with Crippen molar-refractivity contribution < 1.29 is 19.1 Å². The van der Waals surface area contributed by atoms with E-state index in [0.29, 0.717) is 24.6 Å². The summed E-state index contributed by atoms with van der Waals surface area (Å²) in [6, 6.07) is -1.17. The first-order chi connectivity index (χ1) is 11.5. The fraction of sp³-hybridized carbons (Fsp3) is 0.571. The predicted molar refractivity (Wildman–Crippen MR) is 113 cm³/mol. The summed E-state index contributed by atoms with van der Waals surface area (Å²) < 4.78 is 9.55. The molecule has 0 N–H and O–H groups in total. The van der Waals surface area contributed by atoms with E-state index < -0.39 is 19.4 Å². The zero-order valence-corrected chi connectivity index (χ0v) is 20.0. The summed E-state index contributed by atoms with van der Waals surface area (Å²) in [6.07, 6.45) is 3.43. The zero-order chi connectivity index (χ0) is 19.9. The Morgan fingerprint density at radius 1 is 1.08 bits per heavy atom. The third-order valence-corrected chi connectivity index (χ3v) is 7.19. The van der Waals surface area contributed by atoms with Gasteiger partial charge in [-0.15, -0.1) is 33.2 Å². The molecule has 0 radical (unpaired) electrons. The van der Waals surface area contributed by atoms with E-state index in [4.69, 9.17) is 60.1 Å². The van der Waals surface area contributed by atoms with Gasteiger partial charge in [-0.25, -0.2) is 9.59 Å². The summed E-state index contributed by atoms with van der Waals surface area (Å²) in [5.74, 6) is -0.772. The normalized spacial score (nSPS) is 10.5. The monoisotopic (exact) mass is 486 g/mol. The molecule has 0 amide bonds. The first kappa shape index (κ1) is 27.5. The van der Waals surface area contributed by atoms with Crippen molar-refractivity contribution in [2.75, 3.05) is 13.2 Å². The number of unbranched alkanes of at least 4 members (excludes halogenated alkanes) is 1. The number of carbonyl (C=O) groups is 2. The molecule has 0 aromatic carbocycles. The molecule has 0 saturated carbocycles. The van der Waals surface area contributed by atoms with Crippen LogP contribution in [0.15, 0.2) is 24.8 Å². The van der Waals surface area contributed by atoms with Crippen molar-refractivity contribution in [2.45, 2.75) is 38.3 Å². The lowest BCUT2D eigenvalue weighted by molar-refractivity contribution is -0.139. The highest BCUT2D eigenvalue weighted by atomic mass is 35.8. The summed E-state index contributed by atoms with van der Waals surface area (Å²) in [4.78, 5) is 21.4. The molecule has 0 atom stereocenters. The number of hydrogen-bond acceptors (Lipinski definition) is 4. The van der Waals surface area contributed by atoms with E-state index in [1.807, 2.05) is 0 Å². The number of hydrogen-bond donors (Lipinski definition) is 0. The van der Waals surface area contributed by atoms with Gasteiger partial charge >= 0.3 is 17.9 Å². The Balaban J connectivity index is 0. The molecule has 0 heterocycles. The molecule has 25 heavy (non-hydrogen) atoms. The van der Waals surface area contributed by atoms with Crippen LogP contribution in [-0.4, -0.2) is 38.6 Å². The Hall–Kier alpha value is 0.304. The molecule has 0 fully saturated rings. The second-order valence-electron chi connectivity index (χ2n) is 4.89. The number of esters is 2. The van der Waals surface area contributed by atoms with Gasteiger partial charge in [0, 0.05) is 11.6 Å². The van der Waals surface area contributed by atoms with Crippen molar-refractivity contribution in [3.8, 4) is 0 Å². The highest BCUT2D eigenvalue weighted by Crippen LogP contribution is 2.26. The largest absolute Gasteiger partial charge is 0.463 e. The van der Waals surface area contributed by atoms with Crippen molar-refractivity contribution >= 4 is 80.8 Å².